The molecule has 0 radical (unpaired) electrons. The van der Waals surface area contributed by atoms with E-state index in [-0.39, 0.29) is 6.04 Å². The van der Waals surface area contributed by atoms with Crippen LogP contribution in [0.1, 0.15) is 23.6 Å². The fourth-order valence-electron chi connectivity index (χ4n) is 1.92. The lowest BCUT2D eigenvalue weighted by atomic mass is 10.00. The number of nitrogens with two attached hydrogens (primary N) is 1. The van der Waals surface area contributed by atoms with Gasteiger partial charge < -0.3 is 15.8 Å². The Morgan fingerprint density at radius 3 is 2.69 bits per heavy atom. The summed E-state index contributed by atoms with van der Waals surface area (Å²) in [4.78, 5) is 0. The van der Waals surface area contributed by atoms with Crippen LogP contribution in [0.5, 0.6) is 5.75 Å². The van der Waals surface area contributed by atoms with Crippen molar-refractivity contribution in [2.24, 2.45) is 5.73 Å². The molecule has 0 aliphatic carbocycles. The highest BCUT2D eigenvalue weighted by Crippen LogP contribution is 2.33. The van der Waals surface area contributed by atoms with Crippen molar-refractivity contribution in [2.45, 2.75) is 19.4 Å². The van der Waals surface area contributed by atoms with E-state index in [1.807, 2.05) is 26.1 Å². The van der Waals surface area contributed by atoms with Crippen molar-refractivity contribution in [1.29, 1.82) is 0 Å². The van der Waals surface area contributed by atoms with E-state index in [2.05, 4.69) is 5.32 Å². The Morgan fingerprint density at radius 2 is 2.19 bits per heavy atom. The number of hydrogen-bond acceptors (Lipinski definition) is 3. The van der Waals surface area contributed by atoms with E-state index in [1.165, 1.54) is 0 Å². The minimum atomic E-state index is 0.178. The first-order valence-corrected chi connectivity index (χ1v) is 5.73. The summed E-state index contributed by atoms with van der Waals surface area (Å²) in [6.45, 7) is 2.61. The summed E-state index contributed by atoms with van der Waals surface area (Å²) in [5, 5.41) is 3.96. The average molecular weight is 243 g/mol. The van der Waals surface area contributed by atoms with Gasteiger partial charge in [0.05, 0.1) is 7.11 Å². The fourth-order valence-corrected chi connectivity index (χ4v) is 2.20. The maximum absolute atomic E-state index is 6.07. The molecule has 1 atom stereocenters. The maximum atomic E-state index is 6.07. The number of aryl methyl sites for hydroxylation is 1. The molecule has 0 saturated heterocycles. The molecule has 0 heterocycles. The van der Waals surface area contributed by atoms with Gasteiger partial charge in [0.1, 0.15) is 5.75 Å². The lowest BCUT2D eigenvalue weighted by Crippen LogP contribution is -2.20. The molecule has 3 N–H and O–H groups in total. The molecular formula is C12H19ClN2O. The second kappa shape index (κ2) is 6.09. The van der Waals surface area contributed by atoms with Crippen LogP contribution in [0, 0.1) is 6.92 Å². The third kappa shape index (κ3) is 2.88. The number of halogens is 1. The van der Waals surface area contributed by atoms with Crippen LogP contribution in [-0.2, 0) is 0 Å². The molecule has 3 nitrogen and oxygen atoms in total. The summed E-state index contributed by atoms with van der Waals surface area (Å²) in [7, 11) is 3.59. The van der Waals surface area contributed by atoms with Gasteiger partial charge in [0.25, 0.3) is 0 Å². The molecule has 1 aromatic rings. The van der Waals surface area contributed by atoms with E-state index in [0.717, 1.165) is 28.3 Å². The largest absolute Gasteiger partial charge is 0.496 e. The summed E-state index contributed by atoms with van der Waals surface area (Å²) in [6.07, 6.45) is 0.854. The third-order valence-corrected chi connectivity index (χ3v) is 2.87. The first kappa shape index (κ1) is 13.3. The molecule has 0 spiro atoms. The Morgan fingerprint density at radius 1 is 1.50 bits per heavy atom. The minimum Gasteiger partial charge on any atom is -0.496 e. The second-order valence-electron chi connectivity index (χ2n) is 3.76. The molecule has 0 bridgehead atoms. The van der Waals surface area contributed by atoms with Crippen molar-refractivity contribution >= 4 is 11.6 Å². The van der Waals surface area contributed by atoms with Crippen molar-refractivity contribution in [3.8, 4) is 5.75 Å². The molecule has 1 rings (SSSR count). The zero-order valence-electron chi connectivity index (χ0n) is 10.0. The van der Waals surface area contributed by atoms with E-state index in [1.54, 1.807) is 7.11 Å². The molecule has 1 aromatic carbocycles. The van der Waals surface area contributed by atoms with Gasteiger partial charge in [-0.25, -0.2) is 0 Å². The number of hydrogen-bond donors (Lipinski definition) is 2. The molecular weight excluding hydrogens is 224 g/mol. The first-order valence-electron chi connectivity index (χ1n) is 5.35. The highest BCUT2D eigenvalue weighted by molar-refractivity contribution is 6.30. The quantitative estimate of drug-likeness (QED) is 0.833. The average Bonchev–Trinajstić information content (AvgIpc) is 2.25. The number of nitrogens with one attached hydrogen (secondary N) is 1. The van der Waals surface area contributed by atoms with Gasteiger partial charge in [0, 0.05) is 16.6 Å². The molecule has 4 heteroatoms. The number of ether oxygens (including phenoxy) is 1. The van der Waals surface area contributed by atoms with Crippen LogP contribution in [0.4, 0.5) is 0 Å². The monoisotopic (exact) mass is 242 g/mol. The Labute approximate surface area is 102 Å². The molecule has 16 heavy (non-hydrogen) atoms. The van der Waals surface area contributed by atoms with Gasteiger partial charge in [-0.05, 0) is 44.6 Å². The summed E-state index contributed by atoms with van der Waals surface area (Å²) >= 11 is 6.07. The van der Waals surface area contributed by atoms with Gasteiger partial charge in [-0.3, -0.25) is 0 Å². The van der Waals surface area contributed by atoms with Crippen molar-refractivity contribution in [2.75, 3.05) is 20.7 Å². The number of benzene rings is 1. The van der Waals surface area contributed by atoms with Crippen LogP contribution in [0.2, 0.25) is 5.02 Å². The Bertz CT molecular complexity index is 355. The topological polar surface area (TPSA) is 47.3 Å². The summed E-state index contributed by atoms with van der Waals surface area (Å²) in [6, 6.07) is 4.01. The Hall–Kier alpha value is -0.770. The number of methoxy groups -OCH3 is 1. The summed E-state index contributed by atoms with van der Waals surface area (Å²) in [5.41, 5.74) is 7.71. The molecule has 0 amide bonds. The standard InChI is InChI=1S/C12H19ClN2O/c1-8-6-9(13)7-10(12(8)16-3)11(15-2)4-5-14/h6-7,11,15H,4-5,14H2,1-3H3. The lowest BCUT2D eigenvalue weighted by molar-refractivity contribution is 0.396. The third-order valence-electron chi connectivity index (χ3n) is 2.65. The van der Waals surface area contributed by atoms with Crippen LogP contribution in [0.3, 0.4) is 0 Å². The fraction of sp³-hybridized carbons (Fsp3) is 0.500. The van der Waals surface area contributed by atoms with E-state index in [0.29, 0.717) is 6.54 Å². The SMILES string of the molecule is CNC(CCN)c1cc(Cl)cc(C)c1OC. The second-order valence-corrected chi connectivity index (χ2v) is 4.20. The zero-order valence-corrected chi connectivity index (χ0v) is 10.8. The van der Waals surface area contributed by atoms with Gasteiger partial charge in [-0.2, -0.15) is 0 Å². The van der Waals surface area contributed by atoms with Gasteiger partial charge in [-0.15, -0.1) is 0 Å². The number of rotatable bonds is 5. The molecule has 90 valence electrons. The van der Waals surface area contributed by atoms with Gasteiger partial charge in [0.2, 0.25) is 0 Å². The zero-order chi connectivity index (χ0) is 12.1. The predicted octanol–water partition coefficient (Wildman–Crippen LogP) is 2.27. The van der Waals surface area contributed by atoms with E-state index < -0.39 is 0 Å². The van der Waals surface area contributed by atoms with E-state index >= 15 is 0 Å². The van der Waals surface area contributed by atoms with Crippen LogP contribution < -0.4 is 15.8 Å². The summed E-state index contributed by atoms with van der Waals surface area (Å²) in [5.74, 6) is 0.886. The Balaban J connectivity index is 3.17. The van der Waals surface area contributed by atoms with Crippen molar-refractivity contribution in [3.63, 3.8) is 0 Å². The Kier molecular flexibility index (Phi) is 5.06. The van der Waals surface area contributed by atoms with Gasteiger partial charge in [-0.1, -0.05) is 11.6 Å². The highest BCUT2D eigenvalue weighted by atomic mass is 35.5. The molecule has 0 aliphatic rings. The van der Waals surface area contributed by atoms with E-state index in [4.69, 9.17) is 22.1 Å². The summed E-state index contributed by atoms with van der Waals surface area (Å²) < 4.78 is 5.42. The molecule has 0 aromatic heterocycles. The van der Waals surface area contributed by atoms with Crippen LogP contribution in [-0.4, -0.2) is 20.7 Å². The first-order chi connectivity index (χ1) is 7.63. The smallest absolute Gasteiger partial charge is 0.126 e. The highest BCUT2D eigenvalue weighted by Gasteiger charge is 2.16. The molecule has 0 aliphatic heterocycles. The molecule has 1 unspecified atom stereocenters. The van der Waals surface area contributed by atoms with E-state index in [9.17, 15) is 0 Å². The lowest BCUT2D eigenvalue weighted by Gasteiger charge is -2.20. The normalized spacial score (nSPS) is 12.6. The van der Waals surface area contributed by atoms with Crippen LogP contribution in [0.15, 0.2) is 12.1 Å². The molecule has 0 saturated carbocycles. The van der Waals surface area contributed by atoms with Gasteiger partial charge >= 0.3 is 0 Å². The minimum absolute atomic E-state index is 0.178. The van der Waals surface area contributed by atoms with Crippen molar-refractivity contribution in [1.82, 2.24) is 5.32 Å². The van der Waals surface area contributed by atoms with Crippen LogP contribution >= 0.6 is 11.6 Å². The van der Waals surface area contributed by atoms with Crippen molar-refractivity contribution in [3.05, 3.63) is 28.3 Å². The van der Waals surface area contributed by atoms with Gasteiger partial charge in [0.15, 0.2) is 0 Å². The molecule has 0 fully saturated rings. The predicted molar refractivity (Wildman–Crippen MR) is 68.2 cm³/mol. The van der Waals surface area contributed by atoms with Crippen molar-refractivity contribution < 1.29 is 4.74 Å². The van der Waals surface area contributed by atoms with Crippen LogP contribution in [0.25, 0.3) is 0 Å². The maximum Gasteiger partial charge on any atom is 0.126 e.